The molecule has 0 unspecified atom stereocenters. The number of amides is 1. The molecule has 0 aromatic heterocycles. The Hall–Kier alpha value is -0.830. The molecular formula is C14H18BrNO. The van der Waals surface area contributed by atoms with E-state index in [4.69, 9.17) is 0 Å². The van der Waals surface area contributed by atoms with Crippen molar-refractivity contribution in [2.45, 2.75) is 27.2 Å². The predicted octanol–water partition coefficient (Wildman–Crippen LogP) is 3.63. The van der Waals surface area contributed by atoms with E-state index in [2.05, 4.69) is 29.8 Å². The molecule has 1 amide bonds. The first-order valence-corrected chi connectivity index (χ1v) is 6.74. The molecule has 2 rings (SSSR count). The minimum atomic E-state index is 0.145. The van der Waals surface area contributed by atoms with Crippen molar-refractivity contribution in [3.05, 3.63) is 33.8 Å². The molecule has 1 aliphatic heterocycles. The zero-order valence-corrected chi connectivity index (χ0v) is 12.2. The third kappa shape index (κ3) is 2.71. The molecule has 0 saturated carbocycles. The van der Waals surface area contributed by atoms with Gasteiger partial charge in [0.05, 0.1) is 5.56 Å². The van der Waals surface area contributed by atoms with E-state index in [0.29, 0.717) is 0 Å². The lowest BCUT2D eigenvalue weighted by atomic mass is 9.93. The van der Waals surface area contributed by atoms with E-state index in [-0.39, 0.29) is 11.3 Å². The molecule has 17 heavy (non-hydrogen) atoms. The lowest BCUT2D eigenvalue weighted by Gasteiger charge is -2.20. The first-order valence-electron chi connectivity index (χ1n) is 5.94. The van der Waals surface area contributed by atoms with E-state index in [0.717, 1.165) is 35.1 Å². The van der Waals surface area contributed by atoms with Crippen LogP contribution in [0.5, 0.6) is 0 Å². The predicted molar refractivity (Wildman–Crippen MR) is 73.2 cm³/mol. The van der Waals surface area contributed by atoms with E-state index in [1.807, 2.05) is 30.0 Å². The Bertz CT molecular complexity index is 454. The van der Waals surface area contributed by atoms with Crippen LogP contribution >= 0.6 is 15.9 Å². The molecule has 2 nitrogen and oxygen atoms in total. The third-order valence-electron chi connectivity index (χ3n) is 3.32. The van der Waals surface area contributed by atoms with E-state index in [9.17, 15) is 4.79 Å². The molecule has 0 atom stereocenters. The van der Waals surface area contributed by atoms with Crippen molar-refractivity contribution >= 4 is 21.8 Å². The molecule has 0 bridgehead atoms. The molecule has 0 N–H and O–H groups in total. The average Bonchev–Trinajstić information content (AvgIpc) is 2.61. The average molecular weight is 296 g/mol. The second-order valence-electron chi connectivity index (χ2n) is 5.62. The van der Waals surface area contributed by atoms with E-state index >= 15 is 0 Å². The van der Waals surface area contributed by atoms with Crippen molar-refractivity contribution in [3.8, 4) is 0 Å². The fourth-order valence-corrected chi connectivity index (χ4v) is 2.68. The van der Waals surface area contributed by atoms with Gasteiger partial charge in [0.2, 0.25) is 0 Å². The highest BCUT2D eigenvalue weighted by Gasteiger charge is 2.32. The Morgan fingerprint density at radius 3 is 2.71 bits per heavy atom. The minimum absolute atomic E-state index is 0.145. The van der Waals surface area contributed by atoms with E-state index in [1.54, 1.807) is 0 Å². The number of rotatable bonds is 1. The first-order chi connectivity index (χ1) is 7.89. The van der Waals surface area contributed by atoms with Gasteiger partial charge in [0, 0.05) is 17.6 Å². The molecule has 1 fully saturated rings. The summed E-state index contributed by atoms with van der Waals surface area (Å²) in [4.78, 5) is 14.4. The van der Waals surface area contributed by atoms with Crippen LogP contribution in [0.1, 0.15) is 36.2 Å². The van der Waals surface area contributed by atoms with Crippen LogP contribution in [-0.2, 0) is 0 Å². The minimum Gasteiger partial charge on any atom is -0.338 e. The van der Waals surface area contributed by atoms with Crippen LogP contribution in [-0.4, -0.2) is 23.9 Å². The summed E-state index contributed by atoms with van der Waals surface area (Å²) in [5, 5.41) is 0. The summed E-state index contributed by atoms with van der Waals surface area (Å²) in [5.74, 6) is 0.145. The largest absolute Gasteiger partial charge is 0.338 e. The van der Waals surface area contributed by atoms with Gasteiger partial charge in [-0.25, -0.2) is 0 Å². The molecule has 0 spiro atoms. The Morgan fingerprint density at radius 1 is 1.41 bits per heavy atom. The van der Waals surface area contributed by atoms with Gasteiger partial charge < -0.3 is 4.90 Å². The lowest BCUT2D eigenvalue weighted by molar-refractivity contribution is 0.0777. The van der Waals surface area contributed by atoms with Gasteiger partial charge in [-0.3, -0.25) is 4.79 Å². The molecule has 0 aliphatic carbocycles. The van der Waals surface area contributed by atoms with Crippen molar-refractivity contribution in [1.82, 2.24) is 4.90 Å². The van der Waals surface area contributed by atoms with Crippen LogP contribution in [0.25, 0.3) is 0 Å². The van der Waals surface area contributed by atoms with Gasteiger partial charge in [-0.05, 0) is 46.8 Å². The fourth-order valence-electron chi connectivity index (χ4n) is 2.26. The lowest BCUT2D eigenvalue weighted by Crippen LogP contribution is -2.30. The van der Waals surface area contributed by atoms with Gasteiger partial charge in [0.1, 0.15) is 0 Å². The summed E-state index contributed by atoms with van der Waals surface area (Å²) in [6, 6.07) is 5.91. The van der Waals surface area contributed by atoms with E-state index < -0.39 is 0 Å². The number of likely N-dealkylation sites (tertiary alicyclic amines) is 1. The normalized spacial score (nSPS) is 18.5. The van der Waals surface area contributed by atoms with Crippen LogP contribution in [0.15, 0.2) is 22.7 Å². The number of hydrogen-bond donors (Lipinski definition) is 0. The zero-order valence-electron chi connectivity index (χ0n) is 10.6. The van der Waals surface area contributed by atoms with Crippen LogP contribution in [0.2, 0.25) is 0 Å². The molecule has 1 aliphatic rings. The molecular weight excluding hydrogens is 278 g/mol. The van der Waals surface area contributed by atoms with Crippen molar-refractivity contribution in [1.29, 1.82) is 0 Å². The summed E-state index contributed by atoms with van der Waals surface area (Å²) in [6.45, 7) is 8.16. The summed E-state index contributed by atoms with van der Waals surface area (Å²) in [5.41, 5.74) is 2.16. The van der Waals surface area contributed by atoms with Gasteiger partial charge in [-0.15, -0.1) is 0 Å². The van der Waals surface area contributed by atoms with Crippen LogP contribution in [0.3, 0.4) is 0 Å². The second-order valence-corrected chi connectivity index (χ2v) is 6.48. The summed E-state index contributed by atoms with van der Waals surface area (Å²) < 4.78 is 0.887. The standard InChI is InChI=1S/C14H18BrNO/c1-10-4-5-12(15)11(8-10)13(17)16-7-6-14(2,3)9-16/h4-5,8H,6-7,9H2,1-3H3. The summed E-state index contributed by atoms with van der Waals surface area (Å²) in [7, 11) is 0. The molecule has 0 radical (unpaired) electrons. The summed E-state index contributed by atoms with van der Waals surface area (Å²) >= 11 is 3.46. The quantitative estimate of drug-likeness (QED) is 0.775. The van der Waals surface area contributed by atoms with Crippen LogP contribution < -0.4 is 0 Å². The molecule has 1 saturated heterocycles. The third-order valence-corrected chi connectivity index (χ3v) is 4.01. The monoisotopic (exact) mass is 295 g/mol. The molecule has 1 aromatic rings. The van der Waals surface area contributed by atoms with Crippen molar-refractivity contribution in [2.75, 3.05) is 13.1 Å². The van der Waals surface area contributed by atoms with Crippen molar-refractivity contribution in [3.63, 3.8) is 0 Å². The van der Waals surface area contributed by atoms with Crippen LogP contribution in [0, 0.1) is 12.3 Å². The molecule has 1 aromatic carbocycles. The Morgan fingerprint density at radius 2 is 2.12 bits per heavy atom. The number of benzene rings is 1. The maximum absolute atomic E-state index is 12.4. The Labute approximate surface area is 111 Å². The smallest absolute Gasteiger partial charge is 0.255 e. The number of nitrogens with zero attached hydrogens (tertiary/aromatic N) is 1. The maximum Gasteiger partial charge on any atom is 0.255 e. The van der Waals surface area contributed by atoms with Crippen molar-refractivity contribution in [2.24, 2.45) is 5.41 Å². The maximum atomic E-state index is 12.4. The highest BCUT2D eigenvalue weighted by Crippen LogP contribution is 2.31. The number of hydrogen-bond acceptors (Lipinski definition) is 1. The highest BCUT2D eigenvalue weighted by atomic mass is 79.9. The number of aryl methyl sites for hydroxylation is 1. The van der Waals surface area contributed by atoms with Gasteiger partial charge >= 0.3 is 0 Å². The number of carbonyl (C=O) groups is 1. The summed E-state index contributed by atoms with van der Waals surface area (Å²) in [6.07, 6.45) is 1.09. The SMILES string of the molecule is Cc1ccc(Br)c(C(=O)N2CCC(C)(C)C2)c1. The van der Waals surface area contributed by atoms with Crippen molar-refractivity contribution < 1.29 is 4.79 Å². The molecule has 3 heteroatoms. The number of halogens is 1. The zero-order chi connectivity index (χ0) is 12.6. The molecule has 92 valence electrons. The number of carbonyl (C=O) groups excluding carboxylic acids is 1. The Balaban J connectivity index is 2.23. The van der Waals surface area contributed by atoms with Gasteiger partial charge in [0.25, 0.3) is 5.91 Å². The van der Waals surface area contributed by atoms with Gasteiger partial charge in [0.15, 0.2) is 0 Å². The van der Waals surface area contributed by atoms with Gasteiger partial charge in [-0.2, -0.15) is 0 Å². The molecule has 1 heterocycles. The second kappa shape index (κ2) is 4.45. The van der Waals surface area contributed by atoms with E-state index in [1.165, 1.54) is 0 Å². The van der Waals surface area contributed by atoms with Gasteiger partial charge in [-0.1, -0.05) is 25.5 Å². The topological polar surface area (TPSA) is 20.3 Å². The first kappa shape index (κ1) is 12.6. The Kier molecular flexibility index (Phi) is 3.30. The fraction of sp³-hybridized carbons (Fsp3) is 0.500. The van der Waals surface area contributed by atoms with Crippen LogP contribution in [0.4, 0.5) is 0 Å². The highest BCUT2D eigenvalue weighted by molar-refractivity contribution is 9.10.